The molecule has 230 valence electrons. The van der Waals surface area contributed by atoms with E-state index in [-0.39, 0.29) is 17.7 Å². The summed E-state index contributed by atoms with van der Waals surface area (Å²) in [6.07, 6.45) is 6.51. The van der Waals surface area contributed by atoms with Crippen molar-refractivity contribution in [2.75, 3.05) is 12.0 Å². The van der Waals surface area contributed by atoms with Crippen LogP contribution in [0.1, 0.15) is 73.0 Å². The van der Waals surface area contributed by atoms with Crippen LogP contribution in [0.2, 0.25) is 0 Å². The molecule has 0 aromatic heterocycles. The van der Waals surface area contributed by atoms with Crippen LogP contribution < -0.4 is 5.32 Å². The van der Waals surface area contributed by atoms with Gasteiger partial charge in [0.05, 0.1) is 5.75 Å². The number of benzene rings is 3. The van der Waals surface area contributed by atoms with Crippen molar-refractivity contribution in [3.05, 3.63) is 95.1 Å². The molecule has 7 nitrogen and oxygen atoms in total. The van der Waals surface area contributed by atoms with E-state index in [9.17, 15) is 23.1 Å². The van der Waals surface area contributed by atoms with Crippen molar-refractivity contribution in [2.24, 2.45) is 0 Å². The van der Waals surface area contributed by atoms with Crippen molar-refractivity contribution in [3.63, 3.8) is 0 Å². The van der Waals surface area contributed by atoms with E-state index in [0.717, 1.165) is 54.3 Å². The summed E-state index contributed by atoms with van der Waals surface area (Å²) in [7, 11) is -3.39. The Bertz CT molecular complexity index is 1530. The van der Waals surface area contributed by atoms with E-state index in [1.807, 2.05) is 37.3 Å². The second kappa shape index (κ2) is 13.9. The fourth-order valence-corrected chi connectivity index (χ4v) is 7.14. The molecular formula is C35H44N2O5S. The number of sulfone groups is 1. The third-order valence-electron chi connectivity index (χ3n) is 8.64. The molecule has 8 heteroatoms. The number of rotatable bonds is 13. The Labute approximate surface area is 256 Å². The van der Waals surface area contributed by atoms with Gasteiger partial charge in [-0.25, -0.2) is 13.2 Å². The van der Waals surface area contributed by atoms with Gasteiger partial charge in [0.2, 0.25) is 0 Å². The molecule has 43 heavy (non-hydrogen) atoms. The lowest BCUT2D eigenvalue weighted by Gasteiger charge is -2.45. The summed E-state index contributed by atoms with van der Waals surface area (Å²) in [4.78, 5) is 28.1. The van der Waals surface area contributed by atoms with E-state index in [2.05, 4.69) is 60.5 Å². The lowest BCUT2D eigenvalue weighted by molar-refractivity contribution is -0.139. The first-order chi connectivity index (χ1) is 20.4. The monoisotopic (exact) mass is 604 g/mol. The summed E-state index contributed by atoms with van der Waals surface area (Å²) >= 11 is 0. The van der Waals surface area contributed by atoms with Crippen molar-refractivity contribution < 1.29 is 23.1 Å². The first-order valence-corrected chi connectivity index (χ1v) is 17.2. The Kier molecular flexibility index (Phi) is 10.5. The minimum absolute atomic E-state index is 0.0444. The van der Waals surface area contributed by atoms with Crippen molar-refractivity contribution >= 4 is 21.7 Å². The summed E-state index contributed by atoms with van der Waals surface area (Å²) in [5, 5.41) is 12.3. The maximum Gasteiger partial charge on any atom is 0.326 e. The predicted molar refractivity (Wildman–Crippen MR) is 172 cm³/mol. The lowest BCUT2D eigenvalue weighted by Crippen LogP contribution is -2.51. The minimum Gasteiger partial charge on any atom is -0.480 e. The molecule has 1 saturated carbocycles. The number of carbonyl (C=O) groups is 2. The molecular weight excluding hydrogens is 560 g/mol. The highest BCUT2D eigenvalue weighted by Crippen LogP contribution is 2.41. The van der Waals surface area contributed by atoms with Crippen molar-refractivity contribution in [1.29, 1.82) is 0 Å². The van der Waals surface area contributed by atoms with Gasteiger partial charge in [-0.1, -0.05) is 73.5 Å². The van der Waals surface area contributed by atoms with Crippen LogP contribution >= 0.6 is 0 Å². The molecule has 2 N–H and O–H groups in total. The number of carboxylic acid groups (broad SMARTS) is 1. The number of carboxylic acids is 1. The number of nitrogens with zero attached hydrogens (tertiary/aromatic N) is 1. The smallest absolute Gasteiger partial charge is 0.326 e. The molecule has 1 amide bonds. The SMILES string of the molecule is Cc1ccccc1-c1cc(CN(C(C)C)C2(Cc3ccccc3)CCCC2)ccc1C(=O)N[C@@H](CCS(C)(=O)=O)C(=O)O. The highest BCUT2D eigenvalue weighted by Gasteiger charge is 2.40. The molecule has 3 aromatic carbocycles. The van der Waals surface area contributed by atoms with Crippen LogP contribution in [0.25, 0.3) is 11.1 Å². The predicted octanol–water partition coefficient (Wildman–Crippen LogP) is 6.05. The van der Waals surface area contributed by atoms with Gasteiger partial charge >= 0.3 is 5.97 Å². The summed E-state index contributed by atoms with van der Waals surface area (Å²) < 4.78 is 23.3. The van der Waals surface area contributed by atoms with Gasteiger partial charge in [-0.05, 0) is 86.4 Å². The van der Waals surface area contributed by atoms with Gasteiger partial charge in [-0.2, -0.15) is 0 Å². The molecule has 0 spiro atoms. The second-order valence-electron chi connectivity index (χ2n) is 12.3. The Hall–Kier alpha value is -3.49. The molecule has 0 saturated heterocycles. The molecule has 3 aromatic rings. The zero-order valence-electron chi connectivity index (χ0n) is 25.7. The zero-order valence-corrected chi connectivity index (χ0v) is 26.5. The highest BCUT2D eigenvalue weighted by atomic mass is 32.2. The molecule has 1 aliphatic rings. The number of hydrogen-bond donors (Lipinski definition) is 2. The average Bonchev–Trinajstić information content (AvgIpc) is 3.42. The fourth-order valence-electron chi connectivity index (χ4n) is 6.48. The summed E-state index contributed by atoms with van der Waals surface area (Å²) in [6.45, 7) is 7.20. The lowest BCUT2D eigenvalue weighted by atomic mass is 9.85. The maximum atomic E-state index is 13.6. The van der Waals surface area contributed by atoms with E-state index >= 15 is 0 Å². The fraction of sp³-hybridized carbons (Fsp3) is 0.429. The van der Waals surface area contributed by atoms with Gasteiger partial charge in [0.15, 0.2) is 0 Å². The Morgan fingerprint density at radius 1 is 0.930 bits per heavy atom. The van der Waals surface area contributed by atoms with Crippen LogP contribution in [0.4, 0.5) is 0 Å². The van der Waals surface area contributed by atoms with Gasteiger partial charge in [0, 0.05) is 29.9 Å². The first kappa shape index (κ1) is 32.4. The maximum absolute atomic E-state index is 13.6. The number of amides is 1. The third-order valence-corrected chi connectivity index (χ3v) is 9.62. The second-order valence-corrected chi connectivity index (χ2v) is 14.6. The molecule has 0 bridgehead atoms. The van der Waals surface area contributed by atoms with E-state index in [1.54, 1.807) is 6.07 Å². The number of aliphatic carboxylic acids is 1. The summed E-state index contributed by atoms with van der Waals surface area (Å²) in [6, 6.07) is 23.3. The summed E-state index contributed by atoms with van der Waals surface area (Å²) in [5.41, 5.74) is 5.45. The Morgan fingerprint density at radius 2 is 1.58 bits per heavy atom. The zero-order chi connectivity index (χ0) is 31.2. The van der Waals surface area contributed by atoms with Gasteiger partial charge in [-0.15, -0.1) is 0 Å². The van der Waals surface area contributed by atoms with Crippen molar-refractivity contribution in [3.8, 4) is 11.1 Å². The van der Waals surface area contributed by atoms with E-state index in [4.69, 9.17) is 0 Å². The topological polar surface area (TPSA) is 104 Å². The first-order valence-electron chi connectivity index (χ1n) is 15.1. The van der Waals surface area contributed by atoms with Gasteiger partial charge < -0.3 is 10.4 Å². The van der Waals surface area contributed by atoms with Crippen LogP contribution in [-0.2, 0) is 27.6 Å². The highest BCUT2D eigenvalue weighted by molar-refractivity contribution is 7.90. The van der Waals surface area contributed by atoms with Crippen molar-refractivity contribution in [2.45, 2.75) is 83.5 Å². The molecule has 1 atom stereocenters. The van der Waals surface area contributed by atoms with E-state index in [1.165, 1.54) is 18.4 Å². The van der Waals surface area contributed by atoms with E-state index in [0.29, 0.717) is 11.6 Å². The minimum atomic E-state index is -3.39. The molecule has 1 fully saturated rings. The molecule has 1 aliphatic carbocycles. The van der Waals surface area contributed by atoms with Crippen LogP contribution in [-0.4, -0.2) is 59.9 Å². The Morgan fingerprint density at radius 3 is 2.19 bits per heavy atom. The third kappa shape index (κ3) is 8.33. The molecule has 0 heterocycles. The largest absolute Gasteiger partial charge is 0.480 e. The molecule has 0 radical (unpaired) electrons. The van der Waals surface area contributed by atoms with Gasteiger partial charge in [-0.3, -0.25) is 9.69 Å². The normalized spacial score (nSPS) is 15.5. The van der Waals surface area contributed by atoms with Crippen LogP contribution in [0.15, 0.2) is 72.8 Å². The molecule has 0 unspecified atom stereocenters. The Balaban J connectivity index is 1.69. The quantitative estimate of drug-likeness (QED) is 0.246. The standard InChI is InChI=1S/C35H44N2O5S/c1-25(2)37(35(19-10-11-20-35)23-27-13-6-5-7-14-27)24-28-16-17-30(31(22-28)29-15-9-8-12-26(29)3)33(38)36-32(34(39)40)18-21-43(4,41)42/h5-9,12-17,22,25,32H,10-11,18-21,23-24H2,1-4H3,(H,36,38)(H,39,40)/t32-/m0/s1. The van der Waals surface area contributed by atoms with E-state index < -0.39 is 27.8 Å². The van der Waals surface area contributed by atoms with Crippen LogP contribution in [0.3, 0.4) is 0 Å². The van der Waals surface area contributed by atoms with Gasteiger partial charge in [0.25, 0.3) is 5.91 Å². The molecule has 4 rings (SSSR count). The number of aryl methyl sites for hydroxylation is 1. The van der Waals surface area contributed by atoms with Gasteiger partial charge in [0.1, 0.15) is 15.9 Å². The van der Waals surface area contributed by atoms with Crippen LogP contribution in [0, 0.1) is 6.92 Å². The van der Waals surface area contributed by atoms with Crippen LogP contribution in [0.5, 0.6) is 0 Å². The number of hydrogen-bond acceptors (Lipinski definition) is 5. The number of nitrogens with one attached hydrogen (secondary N) is 1. The number of carbonyl (C=O) groups excluding carboxylic acids is 1. The summed E-state index contributed by atoms with van der Waals surface area (Å²) in [5.74, 6) is -2.13. The van der Waals surface area contributed by atoms with Crippen molar-refractivity contribution in [1.82, 2.24) is 10.2 Å². The molecule has 0 aliphatic heterocycles. The average molecular weight is 605 g/mol.